The molecule has 0 spiro atoms. The number of benzene rings is 2. The van der Waals surface area contributed by atoms with Gasteiger partial charge < -0.3 is 10.4 Å². The molecule has 1 atom stereocenters. The monoisotopic (exact) mass is 304 g/mol. The Morgan fingerprint density at radius 2 is 1.39 bits per heavy atom. The second-order valence-electron chi connectivity index (χ2n) is 5.43. The summed E-state index contributed by atoms with van der Waals surface area (Å²) in [6.07, 6.45) is 3.63. The largest absolute Gasteiger partial charge is 0.392 e. The first-order chi connectivity index (χ1) is 11.4. The lowest BCUT2D eigenvalue weighted by atomic mass is 9.99. The zero-order valence-corrected chi connectivity index (χ0v) is 12.9. The number of aliphatic hydroxyl groups is 1. The van der Waals surface area contributed by atoms with Gasteiger partial charge in [0.05, 0.1) is 12.6 Å². The van der Waals surface area contributed by atoms with Gasteiger partial charge in [-0.3, -0.25) is 4.98 Å². The lowest BCUT2D eigenvalue weighted by molar-refractivity contribution is 0.280. The number of pyridine rings is 1. The first kappa shape index (κ1) is 15.4. The third kappa shape index (κ3) is 3.83. The molecule has 3 aromatic rings. The molecule has 0 aliphatic carbocycles. The smallest absolute Gasteiger partial charge is 0.0685 e. The van der Waals surface area contributed by atoms with Crippen LogP contribution < -0.4 is 5.32 Å². The van der Waals surface area contributed by atoms with Crippen LogP contribution in [0, 0.1) is 0 Å². The minimum absolute atomic E-state index is 0.0586. The Balaban J connectivity index is 1.85. The van der Waals surface area contributed by atoms with Crippen LogP contribution in [0.1, 0.15) is 28.3 Å². The molecule has 0 aliphatic rings. The average molecular weight is 304 g/mol. The van der Waals surface area contributed by atoms with Crippen LogP contribution in [0.2, 0.25) is 0 Å². The Kier molecular flexibility index (Phi) is 5.14. The molecule has 0 saturated heterocycles. The van der Waals surface area contributed by atoms with Crippen LogP contribution in [0.3, 0.4) is 0 Å². The summed E-state index contributed by atoms with van der Waals surface area (Å²) in [5, 5.41) is 13.1. The first-order valence-corrected chi connectivity index (χ1v) is 7.74. The van der Waals surface area contributed by atoms with Crippen LogP contribution in [-0.4, -0.2) is 10.1 Å². The van der Waals surface area contributed by atoms with Crippen molar-refractivity contribution < 1.29 is 5.11 Å². The second-order valence-corrected chi connectivity index (χ2v) is 5.43. The van der Waals surface area contributed by atoms with Crippen LogP contribution >= 0.6 is 0 Å². The highest BCUT2D eigenvalue weighted by Crippen LogP contribution is 2.22. The van der Waals surface area contributed by atoms with Gasteiger partial charge in [-0.05, 0) is 34.4 Å². The Morgan fingerprint density at radius 3 is 2.09 bits per heavy atom. The molecule has 116 valence electrons. The zero-order valence-electron chi connectivity index (χ0n) is 12.9. The van der Waals surface area contributed by atoms with Crippen molar-refractivity contribution in [1.29, 1.82) is 0 Å². The van der Waals surface area contributed by atoms with Crippen LogP contribution in [0.25, 0.3) is 0 Å². The van der Waals surface area contributed by atoms with Gasteiger partial charge in [-0.1, -0.05) is 54.6 Å². The van der Waals surface area contributed by atoms with E-state index in [1.54, 1.807) is 0 Å². The highest BCUT2D eigenvalue weighted by atomic mass is 16.3. The van der Waals surface area contributed by atoms with Crippen LogP contribution in [0.4, 0.5) is 0 Å². The molecular formula is C20H20N2O. The topological polar surface area (TPSA) is 45.1 Å². The number of rotatable bonds is 6. The normalized spacial score (nSPS) is 12.0. The summed E-state index contributed by atoms with van der Waals surface area (Å²) >= 11 is 0. The third-order valence-electron chi connectivity index (χ3n) is 3.96. The van der Waals surface area contributed by atoms with Gasteiger partial charge in [0.15, 0.2) is 0 Å². The predicted octanol–water partition coefficient (Wildman–Crippen LogP) is 3.45. The van der Waals surface area contributed by atoms with Gasteiger partial charge in [-0.25, -0.2) is 0 Å². The van der Waals surface area contributed by atoms with E-state index in [0.29, 0.717) is 6.54 Å². The molecule has 3 rings (SSSR count). The number of nitrogens with zero attached hydrogens (tertiary/aromatic N) is 1. The van der Waals surface area contributed by atoms with E-state index in [1.807, 2.05) is 67.0 Å². The number of aliphatic hydroxyl groups excluding tert-OH is 1. The fraction of sp³-hybridized carbons (Fsp3) is 0.150. The van der Waals surface area contributed by atoms with Gasteiger partial charge in [-0.15, -0.1) is 0 Å². The summed E-state index contributed by atoms with van der Waals surface area (Å²) < 4.78 is 0. The summed E-state index contributed by atoms with van der Waals surface area (Å²) in [7, 11) is 0. The molecule has 0 saturated carbocycles. The van der Waals surface area contributed by atoms with E-state index < -0.39 is 0 Å². The standard InChI is InChI=1S/C20H20N2O/c23-15-19-9-5-4-8-18(19)14-22-20(16-6-2-1-3-7-16)17-10-12-21-13-11-17/h1-13,20,22-23H,14-15H2. The Labute approximate surface area is 136 Å². The molecular weight excluding hydrogens is 284 g/mol. The highest BCUT2D eigenvalue weighted by molar-refractivity contribution is 5.32. The fourth-order valence-electron chi connectivity index (χ4n) is 2.73. The summed E-state index contributed by atoms with van der Waals surface area (Å²) in [5.41, 5.74) is 4.46. The van der Waals surface area contributed by atoms with Gasteiger partial charge in [0.2, 0.25) is 0 Å². The van der Waals surface area contributed by atoms with Crippen LogP contribution in [-0.2, 0) is 13.2 Å². The SMILES string of the molecule is OCc1ccccc1CNC(c1ccccc1)c1ccncc1. The van der Waals surface area contributed by atoms with Crippen molar-refractivity contribution in [3.05, 3.63) is 101 Å². The minimum Gasteiger partial charge on any atom is -0.392 e. The maximum atomic E-state index is 9.48. The van der Waals surface area contributed by atoms with Gasteiger partial charge in [0.1, 0.15) is 0 Å². The van der Waals surface area contributed by atoms with Crippen molar-refractivity contribution >= 4 is 0 Å². The lowest BCUT2D eigenvalue weighted by Crippen LogP contribution is -2.22. The maximum absolute atomic E-state index is 9.48. The molecule has 0 amide bonds. The van der Waals surface area contributed by atoms with E-state index in [0.717, 1.165) is 11.1 Å². The molecule has 23 heavy (non-hydrogen) atoms. The molecule has 2 N–H and O–H groups in total. The van der Waals surface area contributed by atoms with E-state index >= 15 is 0 Å². The summed E-state index contributed by atoms with van der Waals surface area (Å²) in [6.45, 7) is 0.752. The summed E-state index contributed by atoms with van der Waals surface area (Å²) in [4.78, 5) is 4.11. The van der Waals surface area contributed by atoms with Gasteiger partial charge in [0, 0.05) is 18.9 Å². The molecule has 2 aromatic carbocycles. The second kappa shape index (κ2) is 7.68. The quantitative estimate of drug-likeness (QED) is 0.733. The molecule has 0 aliphatic heterocycles. The number of hydrogen-bond acceptors (Lipinski definition) is 3. The average Bonchev–Trinajstić information content (AvgIpc) is 2.64. The van der Waals surface area contributed by atoms with E-state index in [9.17, 15) is 5.11 Å². The highest BCUT2D eigenvalue weighted by Gasteiger charge is 2.13. The maximum Gasteiger partial charge on any atom is 0.0685 e. The Morgan fingerprint density at radius 1 is 0.783 bits per heavy atom. The first-order valence-electron chi connectivity index (χ1n) is 7.74. The Hall–Kier alpha value is -2.49. The summed E-state index contributed by atoms with van der Waals surface area (Å²) in [6, 6.07) is 22.5. The van der Waals surface area contributed by atoms with E-state index in [1.165, 1.54) is 11.1 Å². The van der Waals surface area contributed by atoms with Crippen LogP contribution in [0.5, 0.6) is 0 Å². The Bertz CT molecular complexity index is 689. The minimum atomic E-state index is 0.0586. The number of hydrogen-bond donors (Lipinski definition) is 2. The van der Waals surface area contributed by atoms with Crippen molar-refractivity contribution in [1.82, 2.24) is 10.3 Å². The van der Waals surface area contributed by atoms with Crippen molar-refractivity contribution in [2.24, 2.45) is 0 Å². The van der Waals surface area contributed by atoms with E-state index in [-0.39, 0.29) is 12.6 Å². The van der Waals surface area contributed by atoms with Gasteiger partial charge >= 0.3 is 0 Å². The predicted molar refractivity (Wildman–Crippen MR) is 91.7 cm³/mol. The lowest BCUT2D eigenvalue weighted by Gasteiger charge is -2.20. The molecule has 3 nitrogen and oxygen atoms in total. The van der Waals surface area contributed by atoms with Crippen molar-refractivity contribution in [3.8, 4) is 0 Å². The van der Waals surface area contributed by atoms with Crippen molar-refractivity contribution in [3.63, 3.8) is 0 Å². The van der Waals surface area contributed by atoms with Crippen LogP contribution in [0.15, 0.2) is 79.1 Å². The summed E-state index contributed by atoms with van der Waals surface area (Å²) in [5.74, 6) is 0. The molecule has 1 aromatic heterocycles. The van der Waals surface area contributed by atoms with Gasteiger partial charge in [0.25, 0.3) is 0 Å². The van der Waals surface area contributed by atoms with Crippen molar-refractivity contribution in [2.75, 3.05) is 0 Å². The molecule has 1 unspecified atom stereocenters. The van der Waals surface area contributed by atoms with Crippen molar-refractivity contribution in [2.45, 2.75) is 19.2 Å². The molecule has 3 heteroatoms. The number of nitrogens with one attached hydrogen (secondary N) is 1. The zero-order chi connectivity index (χ0) is 15.9. The number of aromatic nitrogens is 1. The molecule has 1 heterocycles. The van der Waals surface area contributed by atoms with E-state index in [2.05, 4.69) is 22.4 Å². The van der Waals surface area contributed by atoms with Gasteiger partial charge in [-0.2, -0.15) is 0 Å². The van der Waals surface area contributed by atoms with E-state index in [4.69, 9.17) is 0 Å². The molecule has 0 fully saturated rings. The molecule has 0 bridgehead atoms. The third-order valence-corrected chi connectivity index (χ3v) is 3.96. The fourth-order valence-corrected chi connectivity index (χ4v) is 2.73. The molecule has 0 radical (unpaired) electrons.